The smallest absolute Gasteiger partial charge is 0.397 e. The van der Waals surface area contributed by atoms with Crippen LogP contribution in [0.3, 0.4) is 0 Å². The number of carbonyl (C=O) groups excluding carboxylic acids is 1. The van der Waals surface area contributed by atoms with E-state index in [1.54, 1.807) is 0 Å². The van der Waals surface area contributed by atoms with Crippen LogP contribution in [0.5, 0.6) is 0 Å². The van der Waals surface area contributed by atoms with Gasteiger partial charge in [0.05, 0.1) is 25.2 Å². The molecule has 6 atom stereocenters. The molecule has 0 spiro atoms. The number of nitrogens with zero attached hydrogens (tertiary/aromatic N) is 3. The summed E-state index contributed by atoms with van der Waals surface area (Å²) >= 11 is 0. The fraction of sp³-hybridized carbons (Fsp3) is 0.471. The van der Waals surface area contributed by atoms with Gasteiger partial charge in [-0.1, -0.05) is 6.58 Å². The number of aromatic nitrogens is 3. The number of carbonyl (C=O) groups is 1. The number of ether oxygens (including phenoxy) is 1. The first-order valence-corrected chi connectivity index (χ1v) is 13.0. The summed E-state index contributed by atoms with van der Waals surface area (Å²) < 4.78 is 45.0. The maximum Gasteiger partial charge on any atom is 0.480 e. The zero-order valence-electron chi connectivity index (χ0n) is 17.7. The number of pyridine rings is 1. The van der Waals surface area contributed by atoms with Gasteiger partial charge in [0.2, 0.25) is 0 Å². The maximum absolute atomic E-state index is 12.2. The highest BCUT2D eigenvalue weighted by Crippen LogP contribution is 2.58. The predicted molar refractivity (Wildman–Crippen MR) is 117 cm³/mol. The largest absolute Gasteiger partial charge is 0.480 e. The highest BCUT2D eigenvalue weighted by Gasteiger charge is 2.46. The predicted octanol–water partition coefficient (Wildman–Crippen LogP) is 0.385. The summed E-state index contributed by atoms with van der Waals surface area (Å²) in [4.78, 5) is 29.2. The SMILES string of the molecule is C=CC(=O)CCCOP(N)(=O)OP(=O)(O)OC[C@H]1O[C@@H](n2cnc3c(N)ccnc32)[C@H](O)[C@@H]1O. The van der Waals surface area contributed by atoms with Gasteiger partial charge in [-0.25, -0.2) is 24.6 Å². The van der Waals surface area contributed by atoms with Crippen molar-refractivity contribution in [2.24, 2.45) is 5.50 Å². The lowest BCUT2D eigenvalue weighted by atomic mass is 10.1. The van der Waals surface area contributed by atoms with Crippen molar-refractivity contribution in [3.8, 4) is 0 Å². The molecule has 3 rings (SSSR count). The van der Waals surface area contributed by atoms with E-state index in [9.17, 15) is 29.0 Å². The number of aliphatic hydroxyl groups is 2. The molecule has 3 heterocycles. The van der Waals surface area contributed by atoms with Gasteiger partial charge in [0, 0.05) is 12.6 Å². The number of aliphatic hydroxyl groups excluding tert-OH is 2. The average Bonchev–Trinajstić information content (AvgIpc) is 3.31. The van der Waals surface area contributed by atoms with Crippen LogP contribution in [0, 0.1) is 0 Å². The summed E-state index contributed by atoms with van der Waals surface area (Å²) in [6, 6.07) is 1.54. The van der Waals surface area contributed by atoms with Crippen molar-refractivity contribution in [2.45, 2.75) is 37.4 Å². The molecule has 17 heteroatoms. The Kier molecular flexibility index (Phi) is 8.37. The highest BCUT2D eigenvalue weighted by atomic mass is 31.3. The van der Waals surface area contributed by atoms with Gasteiger partial charge in [0.15, 0.2) is 17.7 Å². The molecule has 2 unspecified atom stereocenters. The Morgan fingerprint density at radius 2 is 2.03 bits per heavy atom. The molecular formula is C17H25N5O10P2. The number of anilines is 1. The Balaban J connectivity index is 1.57. The van der Waals surface area contributed by atoms with Gasteiger partial charge in [-0.3, -0.25) is 18.4 Å². The quantitative estimate of drug-likeness (QED) is 0.144. The molecule has 188 valence electrons. The number of hydrogen-bond donors (Lipinski definition) is 5. The fourth-order valence-electron chi connectivity index (χ4n) is 3.13. The van der Waals surface area contributed by atoms with Crippen LogP contribution in [0.25, 0.3) is 11.2 Å². The van der Waals surface area contributed by atoms with E-state index in [0.29, 0.717) is 11.2 Å². The third-order valence-corrected chi connectivity index (χ3v) is 7.54. The van der Waals surface area contributed by atoms with E-state index in [1.165, 1.54) is 23.2 Å². The Hall–Kier alpha value is -2.03. The van der Waals surface area contributed by atoms with Crippen LogP contribution in [0.4, 0.5) is 5.69 Å². The van der Waals surface area contributed by atoms with E-state index in [-0.39, 0.29) is 30.9 Å². The molecule has 1 fully saturated rings. The van der Waals surface area contributed by atoms with Crippen LogP contribution in [0.15, 0.2) is 31.2 Å². The van der Waals surface area contributed by atoms with Crippen LogP contribution in [-0.4, -0.2) is 67.0 Å². The summed E-state index contributed by atoms with van der Waals surface area (Å²) in [5.41, 5.74) is 12.1. The molecule has 34 heavy (non-hydrogen) atoms. The van der Waals surface area contributed by atoms with E-state index < -0.39 is 46.7 Å². The summed E-state index contributed by atoms with van der Waals surface area (Å²) in [6.45, 7) is 2.27. The van der Waals surface area contributed by atoms with E-state index in [0.717, 1.165) is 6.08 Å². The third kappa shape index (κ3) is 6.34. The van der Waals surface area contributed by atoms with Gasteiger partial charge in [0.1, 0.15) is 23.8 Å². The molecule has 0 aromatic carbocycles. The van der Waals surface area contributed by atoms with Crippen LogP contribution >= 0.6 is 15.6 Å². The monoisotopic (exact) mass is 521 g/mol. The van der Waals surface area contributed by atoms with Crippen LogP contribution in [-0.2, 0) is 32.0 Å². The second-order valence-corrected chi connectivity index (χ2v) is 10.4. The molecule has 1 saturated heterocycles. The molecular weight excluding hydrogens is 496 g/mol. The van der Waals surface area contributed by atoms with Crippen molar-refractivity contribution in [2.75, 3.05) is 18.9 Å². The first-order valence-electron chi connectivity index (χ1n) is 9.90. The Morgan fingerprint density at radius 3 is 2.74 bits per heavy atom. The van der Waals surface area contributed by atoms with Crippen molar-refractivity contribution in [1.29, 1.82) is 0 Å². The number of allylic oxidation sites excluding steroid dienone is 1. The molecule has 0 aliphatic carbocycles. The van der Waals surface area contributed by atoms with Crippen LogP contribution in [0.1, 0.15) is 19.1 Å². The molecule has 1 aliphatic rings. The van der Waals surface area contributed by atoms with Gasteiger partial charge in [0.25, 0.3) is 0 Å². The van der Waals surface area contributed by atoms with Gasteiger partial charge >= 0.3 is 15.6 Å². The number of imidazole rings is 1. The van der Waals surface area contributed by atoms with Crippen molar-refractivity contribution in [3.63, 3.8) is 0 Å². The Morgan fingerprint density at radius 1 is 1.29 bits per heavy atom. The summed E-state index contributed by atoms with van der Waals surface area (Å²) in [6.07, 6.45) is -1.45. The molecule has 0 amide bonds. The van der Waals surface area contributed by atoms with Crippen molar-refractivity contribution in [1.82, 2.24) is 14.5 Å². The summed E-state index contributed by atoms with van der Waals surface area (Å²) in [5.74, 6) is -0.272. The zero-order valence-corrected chi connectivity index (χ0v) is 19.5. The molecule has 2 aromatic rings. The van der Waals surface area contributed by atoms with Crippen molar-refractivity contribution < 1.29 is 47.1 Å². The zero-order chi connectivity index (χ0) is 25.1. The second kappa shape index (κ2) is 10.7. The van der Waals surface area contributed by atoms with Gasteiger partial charge in [-0.05, 0) is 18.6 Å². The van der Waals surface area contributed by atoms with Gasteiger partial charge in [-0.2, -0.15) is 4.31 Å². The minimum atomic E-state index is -5.03. The van der Waals surface area contributed by atoms with Crippen molar-refractivity contribution >= 4 is 38.2 Å². The number of hydrogen-bond acceptors (Lipinski definition) is 12. The number of phosphoric acid groups is 1. The van der Waals surface area contributed by atoms with E-state index >= 15 is 0 Å². The molecule has 7 N–H and O–H groups in total. The number of rotatable bonds is 12. The lowest BCUT2D eigenvalue weighted by molar-refractivity contribution is -0.114. The summed E-state index contributed by atoms with van der Waals surface area (Å²) in [7, 11) is -9.54. The maximum atomic E-state index is 12.2. The Labute approximate surface area is 193 Å². The second-order valence-electron chi connectivity index (χ2n) is 7.26. The van der Waals surface area contributed by atoms with Crippen molar-refractivity contribution in [3.05, 3.63) is 31.2 Å². The number of nitrogen functional groups attached to an aromatic ring is 1. The lowest BCUT2D eigenvalue weighted by Crippen LogP contribution is -2.33. The average molecular weight is 521 g/mol. The fourth-order valence-corrected chi connectivity index (χ4v) is 5.38. The van der Waals surface area contributed by atoms with Crippen LogP contribution < -0.4 is 11.2 Å². The molecule has 1 aliphatic heterocycles. The first kappa shape index (κ1) is 26.6. The Bertz CT molecular complexity index is 1140. The van der Waals surface area contributed by atoms with Gasteiger partial charge < -0.3 is 25.6 Å². The van der Waals surface area contributed by atoms with E-state index in [1.807, 2.05) is 0 Å². The number of nitrogens with two attached hydrogens (primary N) is 2. The first-order chi connectivity index (χ1) is 15.9. The standard InChI is InChI=1S/C17H25N5O10P2/c1-2-10(23)4-3-7-29-33(19,26)32-34(27,28)30-8-12-14(24)15(25)17(31-12)22-9-21-13-11(18)5-6-20-16(13)22/h2,5-6,9,12,14-15,17,24-25H,1,3-4,7-8H2,(H2,18,20)(H2,19,26)(H,27,28)/t12-,14-,15-,17-,33?/m1/s1. The molecule has 0 radical (unpaired) electrons. The van der Waals surface area contributed by atoms with E-state index in [4.69, 9.17) is 25.0 Å². The lowest BCUT2D eigenvalue weighted by Gasteiger charge is -2.19. The highest BCUT2D eigenvalue weighted by molar-refractivity contribution is 7.63. The molecule has 0 bridgehead atoms. The number of ketones is 1. The normalized spacial score (nSPS) is 26.2. The third-order valence-electron chi connectivity index (χ3n) is 4.79. The minimum absolute atomic E-state index is 0.0471. The minimum Gasteiger partial charge on any atom is -0.397 e. The van der Waals surface area contributed by atoms with Crippen LogP contribution in [0.2, 0.25) is 0 Å². The molecule has 0 saturated carbocycles. The number of fused-ring (bicyclic) bond motifs is 1. The van der Waals surface area contributed by atoms with E-state index in [2.05, 4.69) is 20.9 Å². The van der Waals surface area contributed by atoms with Gasteiger partial charge in [-0.15, -0.1) is 0 Å². The molecule has 15 nitrogen and oxygen atoms in total. The molecule has 2 aromatic heterocycles. The summed E-state index contributed by atoms with van der Waals surface area (Å²) in [5, 5.41) is 20.7. The topological polar surface area (TPSA) is 232 Å². The number of phosphoric ester groups is 1.